The van der Waals surface area contributed by atoms with E-state index in [4.69, 9.17) is 0 Å². The first kappa shape index (κ1) is 9.86. The zero-order valence-corrected chi connectivity index (χ0v) is 8.02. The number of rotatable bonds is 3. The lowest BCUT2D eigenvalue weighted by Crippen LogP contribution is -2.03. The number of nitrogens with zero attached hydrogens (tertiary/aromatic N) is 1. The van der Waals surface area contributed by atoms with Gasteiger partial charge in [0, 0.05) is 18.8 Å². The fourth-order valence-electron chi connectivity index (χ4n) is 1.40. The van der Waals surface area contributed by atoms with Crippen LogP contribution in [0.4, 0.5) is 4.39 Å². The monoisotopic (exact) mass is 206 g/mol. The zero-order chi connectivity index (χ0) is 10.7. The van der Waals surface area contributed by atoms with E-state index in [1.54, 1.807) is 24.5 Å². The Hall–Kier alpha value is -1.68. The predicted molar refractivity (Wildman–Crippen MR) is 53.7 cm³/mol. The molecule has 1 aromatic heterocycles. The molecule has 2 rings (SSSR count). The van der Waals surface area contributed by atoms with Gasteiger partial charge in [0.05, 0.1) is 0 Å². The fraction of sp³-hybridized carbons (Fsp3) is 0.182. The Balaban J connectivity index is 2.06. The molecule has 1 aromatic carbocycles. The molecule has 0 radical (unpaired) electrons. The van der Waals surface area contributed by atoms with Crippen molar-refractivity contribution in [2.75, 3.05) is 0 Å². The average Bonchev–Trinajstić information content (AvgIpc) is 2.74. The van der Waals surface area contributed by atoms with Gasteiger partial charge >= 0.3 is 0 Å². The summed E-state index contributed by atoms with van der Waals surface area (Å²) in [5.74, 6) is 0.255. The largest absolute Gasteiger partial charge is 0.385 e. The summed E-state index contributed by atoms with van der Waals surface area (Å²) in [6, 6.07) is 6.07. The van der Waals surface area contributed by atoms with Gasteiger partial charge in [-0.15, -0.1) is 0 Å². The smallest absolute Gasteiger partial charge is 0.135 e. The predicted octanol–water partition coefficient (Wildman–Crippen LogP) is 1.82. The van der Waals surface area contributed by atoms with Gasteiger partial charge in [-0.2, -0.15) is 0 Å². The minimum Gasteiger partial charge on any atom is -0.385 e. The first-order valence-electron chi connectivity index (χ1n) is 4.67. The molecule has 0 saturated carbocycles. The summed E-state index contributed by atoms with van der Waals surface area (Å²) in [6.45, 7) is 0. The van der Waals surface area contributed by atoms with E-state index in [1.165, 1.54) is 12.1 Å². The van der Waals surface area contributed by atoms with Crippen LogP contribution in [0.15, 0.2) is 36.7 Å². The summed E-state index contributed by atoms with van der Waals surface area (Å²) in [7, 11) is 0. The van der Waals surface area contributed by atoms with Gasteiger partial charge in [0.25, 0.3) is 0 Å². The van der Waals surface area contributed by atoms with E-state index in [0.29, 0.717) is 12.2 Å². The van der Waals surface area contributed by atoms with E-state index in [1.807, 2.05) is 0 Å². The van der Waals surface area contributed by atoms with Crippen molar-refractivity contribution in [3.05, 3.63) is 53.9 Å². The molecule has 4 heteroatoms. The molecule has 15 heavy (non-hydrogen) atoms. The third kappa shape index (κ3) is 2.41. The van der Waals surface area contributed by atoms with Crippen LogP contribution in [0, 0.1) is 5.82 Å². The molecule has 0 fully saturated rings. The van der Waals surface area contributed by atoms with Crippen LogP contribution in [0.1, 0.15) is 17.5 Å². The number of aliphatic hydroxyl groups excluding tert-OH is 1. The lowest BCUT2D eigenvalue weighted by atomic mass is 10.1. The van der Waals surface area contributed by atoms with E-state index in [9.17, 15) is 9.50 Å². The number of hydrogen-bond acceptors (Lipinski definition) is 2. The van der Waals surface area contributed by atoms with Gasteiger partial charge < -0.3 is 10.1 Å². The minimum atomic E-state index is -0.675. The number of nitrogens with one attached hydrogen (secondary N) is 1. The van der Waals surface area contributed by atoms with Crippen molar-refractivity contribution < 1.29 is 9.50 Å². The summed E-state index contributed by atoms with van der Waals surface area (Å²) in [5, 5.41) is 9.74. The Labute approximate surface area is 86.6 Å². The highest BCUT2D eigenvalue weighted by Crippen LogP contribution is 2.14. The molecular weight excluding hydrogens is 195 g/mol. The van der Waals surface area contributed by atoms with Gasteiger partial charge in [0.15, 0.2) is 0 Å². The Morgan fingerprint density at radius 3 is 2.67 bits per heavy atom. The second kappa shape index (κ2) is 4.23. The number of aliphatic hydroxyl groups is 1. The number of imidazole rings is 1. The van der Waals surface area contributed by atoms with Crippen molar-refractivity contribution in [3.8, 4) is 0 Å². The highest BCUT2D eigenvalue weighted by Gasteiger charge is 2.10. The zero-order valence-electron chi connectivity index (χ0n) is 8.02. The molecule has 0 amide bonds. The van der Waals surface area contributed by atoms with Gasteiger partial charge in [-0.3, -0.25) is 0 Å². The summed E-state index contributed by atoms with van der Waals surface area (Å²) in [6.07, 6.45) is 2.99. The van der Waals surface area contributed by atoms with Crippen molar-refractivity contribution in [2.24, 2.45) is 0 Å². The molecule has 1 heterocycles. The molecule has 0 saturated heterocycles. The molecule has 0 aliphatic rings. The van der Waals surface area contributed by atoms with Crippen molar-refractivity contribution >= 4 is 0 Å². The van der Waals surface area contributed by atoms with Crippen LogP contribution in [-0.4, -0.2) is 15.1 Å². The van der Waals surface area contributed by atoms with Gasteiger partial charge in [-0.1, -0.05) is 12.1 Å². The Bertz CT molecular complexity index is 411. The quantitative estimate of drug-likeness (QED) is 0.804. The van der Waals surface area contributed by atoms with E-state index in [-0.39, 0.29) is 5.82 Å². The van der Waals surface area contributed by atoms with Crippen LogP contribution in [0.5, 0.6) is 0 Å². The third-order valence-corrected chi connectivity index (χ3v) is 2.18. The second-order valence-corrected chi connectivity index (χ2v) is 3.32. The van der Waals surface area contributed by atoms with Crippen LogP contribution >= 0.6 is 0 Å². The van der Waals surface area contributed by atoms with E-state index >= 15 is 0 Å². The van der Waals surface area contributed by atoms with Crippen LogP contribution in [0.3, 0.4) is 0 Å². The maximum Gasteiger partial charge on any atom is 0.135 e. The number of benzene rings is 1. The highest BCUT2D eigenvalue weighted by molar-refractivity contribution is 5.17. The van der Waals surface area contributed by atoms with Crippen LogP contribution < -0.4 is 0 Å². The number of halogens is 1. The minimum absolute atomic E-state index is 0.272. The van der Waals surface area contributed by atoms with Gasteiger partial charge in [0.1, 0.15) is 17.7 Å². The van der Waals surface area contributed by atoms with Crippen molar-refractivity contribution in [2.45, 2.75) is 12.5 Å². The molecule has 1 atom stereocenters. The van der Waals surface area contributed by atoms with Gasteiger partial charge in [0.2, 0.25) is 0 Å². The average molecular weight is 206 g/mol. The van der Waals surface area contributed by atoms with Gasteiger partial charge in [-0.05, 0) is 17.7 Å². The number of hydrogen-bond donors (Lipinski definition) is 2. The van der Waals surface area contributed by atoms with Crippen molar-refractivity contribution in [1.82, 2.24) is 9.97 Å². The maximum absolute atomic E-state index is 12.6. The van der Waals surface area contributed by atoms with E-state index < -0.39 is 6.10 Å². The molecule has 0 aliphatic heterocycles. The summed E-state index contributed by atoms with van der Waals surface area (Å²) >= 11 is 0. The highest BCUT2D eigenvalue weighted by atomic mass is 19.1. The molecule has 3 nitrogen and oxygen atoms in total. The topological polar surface area (TPSA) is 48.9 Å². The Morgan fingerprint density at radius 1 is 1.33 bits per heavy atom. The number of aromatic nitrogens is 2. The maximum atomic E-state index is 12.6. The van der Waals surface area contributed by atoms with Crippen LogP contribution in [0.25, 0.3) is 0 Å². The molecule has 2 aromatic rings. The number of aromatic amines is 1. The van der Waals surface area contributed by atoms with E-state index in [2.05, 4.69) is 9.97 Å². The lowest BCUT2D eigenvalue weighted by Gasteiger charge is -2.07. The van der Waals surface area contributed by atoms with Crippen LogP contribution in [0.2, 0.25) is 0 Å². The molecular formula is C11H11FN2O. The van der Waals surface area contributed by atoms with Gasteiger partial charge in [-0.25, -0.2) is 9.37 Å². The molecule has 2 N–H and O–H groups in total. The standard InChI is InChI=1S/C11H11FN2O/c12-9-3-1-8(2-4-9)7-10(15)11-13-5-6-14-11/h1-6,10,15H,7H2,(H,13,14). The third-order valence-electron chi connectivity index (χ3n) is 2.18. The van der Waals surface area contributed by atoms with E-state index in [0.717, 1.165) is 5.56 Å². The second-order valence-electron chi connectivity index (χ2n) is 3.32. The van der Waals surface area contributed by atoms with Crippen molar-refractivity contribution in [3.63, 3.8) is 0 Å². The number of H-pyrrole nitrogens is 1. The fourth-order valence-corrected chi connectivity index (χ4v) is 1.40. The SMILES string of the molecule is OC(Cc1ccc(F)cc1)c1ncc[nH]1. The lowest BCUT2D eigenvalue weighted by molar-refractivity contribution is 0.169. The Morgan fingerprint density at radius 2 is 2.07 bits per heavy atom. The molecule has 0 aliphatic carbocycles. The summed E-state index contributed by atoms with van der Waals surface area (Å²) in [4.78, 5) is 6.78. The first-order chi connectivity index (χ1) is 7.25. The molecule has 1 unspecified atom stereocenters. The molecule has 78 valence electrons. The first-order valence-corrected chi connectivity index (χ1v) is 4.67. The Kier molecular flexibility index (Phi) is 2.78. The normalized spacial score (nSPS) is 12.7. The summed E-state index contributed by atoms with van der Waals surface area (Å²) < 4.78 is 12.6. The molecule has 0 spiro atoms. The molecule has 0 bridgehead atoms. The van der Waals surface area contributed by atoms with Crippen LogP contribution in [-0.2, 0) is 6.42 Å². The van der Waals surface area contributed by atoms with Crippen molar-refractivity contribution in [1.29, 1.82) is 0 Å². The summed E-state index contributed by atoms with van der Waals surface area (Å²) in [5.41, 5.74) is 0.875.